The van der Waals surface area contributed by atoms with E-state index in [-0.39, 0.29) is 5.76 Å². The van der Waals surface area contributed by atoms with Crippen LogP contribution >= 0.6 is 11.8 Å². The Morgan fingerprint density at radius 3 is 2.77 bits per heavy atom. The van der Waals surface area contributed by atoms with Crippen LogP contribution in [-0.2, 0) is 4.74 Å². The third-order valence-corrected chi connectivity index (χ3v) is 9.46. The zero-order valence-electron chi connectivity index (χ0n) is 19.3. The largest absolute Gasteiger partial charge is 0.508 e. The summed E-state index contributed by atoms with van der Waals surface area (Å²) in [6, 6.07) is 0. The SMILES string of the molecule is C=C(CC1=CC=C(OC2CC[C@]3(C2)SC(C(C)C)CCC3C)CC1)/C(O)=C\C=C/C. The molecular formula is C27H40O2S. The van der Waals surface area contributed by atoms with Gasteiger partial charge in [-0.25, -0.2) is 0 Å². The Labute approximate surface area is 188 Å². The lowest BCUT2D eigenvalue weighted by Gasteiger charge is -2.44. The highest BCUT2D eigenvalue weighted by Crippen LogP contribution is 2.56. The molecule has 3 rings (SSSR count). The summed E-state index contributed by atoms with van der Waals surface area (Å²) < 4.78 is 6.92. The summed E-state index contributed by atoms with van der Waals surface area (Å²) >= 11 is 2.28. The Kier molecular flexibility index (Phi) is 8.01. The summed E-state index contributed by atoms with van der Waals surface area (Å²) in [5.41, 5.74) is 2.09. The zero-order valence-corrected chi connectivity index (χ0v) is 20.1. The summed E-state index contributed by atoms with van der Waals surface area (Å²) in [5, 5.41) is 10.9. The molecule has 0 amide bonds. The van der Waals surface area contributed by atoms with Crippen LogP contribution in [0.2, 0.25) is 0 Å². The van der Waals surface area contributed by atoms with E-state index < -0.39 is 0 Å². The second kappa shape index (κ2) is 10.3. The molecule has 4 atom stereocenters. The van der Waals surface area contributed by atoms with Gasteiger partial charge in [0.2, 0.25) is 0 Å². The molecule has 3 unspecified atom stereocenters. The van der Waals surface area contributed by atoms with Crippen molar-refractivity contribution < 1.29 is 9.84 Å². The maximum atomic E-state index is 10.1. The number of allylic oxidation sites excluding steroid dienone is 8. The second-order valence-electron chi connectivity index (χ2n) is 9.74. The fourth-order valence-electron chi connectivity index (χ4n) is 5.06. The van der Waals surface area contributed by atoms with Gasteiger partial charge in [-0.2, -0.15) is 11.8 Å². The van der Waals surface area contributed by atoms with Crippen LogP contribution in [0.25, 0.3) is 0 Å². The van der Waals surface area contributed by atoms with Gasteiger partial charge in [0.1, 0.15) is 5.76 Å². The predicted octanol–water partition coefficient (Wildman–Crippen LogP) is 8.05. The number of hydrogen-bond donors (Lipinski definition) is 1. The van der Waals surface area contributed by atoms with Gasteiger partial charge in [-0.05, 0) is 81.4 Å². The second-order valence-corrected chi connectivity index (χ2v) is 11.4. The quantitative estimate of drug-likeness (QED) is 0.328. The Morgan fingerprint density at radius 1 is 1.30 bits per heavy atom. The number of ether oxygens (including phenoxy) is 1. The van der Waals surface area contributed by atoms with Crippen molar-refractivity contribution in [3.8, 4) is 0 Å². The van der Waals surface area contributed by atoms with Crippen molar-refractivity contribution in [2.75, 3.05) is 0 Å². The molecule has 3 heteroatoms. The molecule has 0 radical (unpaired) electrons. The Balaban J connectivity index is 1.55. The minimum absolute atomic E-state index is 0.273. The Morgan fingerprint density at radius 2 is 2.10 bits per heavy atom. The molecule has 0 aromatic carbocycles. The molecule has 1 spiro atoms. The standard InChI is InChI=1S/C27H40O2S/c1-6-7-8-25(28)20(4)17-22-10-12-23(13-11-22)29-24-15-16-27(18-24)21(5)9-14-26(30-27)19(2)3/h6-8,10,12,19,21,24,26,28H,4,9,11,13-18H2,1-3,5H3/b7-6-,25-8+/t21?,24?,26?,27-/m1/s1. The summed E-state index contributed by atoms with van der Waals surface area (Å²) in [6.45, 7) is 13.2. The zero-order chi connectivity index (χ0) is 21.7. The fourth-order valence-corrected chi connectivity index (χ4v) is 7.06. The average molecular weight is 429 g/mol. The van der Waals surface area contributed by atoms with Gasteiger partial charge in [0, 0.05) is 16.4 Å². The van der Waals surface area contributed by atoms with Crippen LogP contribution in [0.3, 0.4) is 0 Å². The highest BCUT2D eigenvalue weighted by atomic mass is 32.2. The van der Waals surface area contributed by atoms with Crippen LogP contribution in [0.15, 0.2) is 59.6 Å². The van der Waals surface area contributed by atoms with Crippen molar-refractivity contribution in [3.63, 3.8) is 0 Å². The minimum atomic E-state index is 0.273. The van der Waals surface area contributed by atoms with Crippen molar-refractivity contribution >= 4 is 11.8 Å². The first kappa shape index (κ1) is 23.3. The summed E-state index contributed by atoms with van der Waals surface area (Å²) in [5.74, 6) is 2.97. The lowest BCUT2D eigenvalue weighted by atomic mass is 9.85. The summed E-state index contributed by atoms with van der Waals surface area (Å²) in [6.07, 6.45) is 19.3. The van der Waals surface area contributed by atoms with E-state index >= 15 is 0 Å². The molecule has 0 aromatic rings. The molecule has 1 aliphatic heterocycles. The number of hydrogen-bond acceptors (Lipinski definition) is 3. The van der Waals surface area contributed by atoms with E-state index in [2.05, 4.69) is 51.3 Å². The van der Waals surface area contributed by atoms with Gasteiger partial charge in [0.15, 0.2) is 0 Å². The molecule has 3 aliphatic rings. The first-order valence-corrected chi connectivity index (χ1v) is 12.6. The normalized spacial score (nSPS) is 32.6. The third-order valence-electron chi connectivity index (χ3n) is 7.14. The maximum Gasteiger partial charge on any atom is 0.118 e. The van der Waals surface area contributed by atoms with Crippen molar-refractivity contribution in [3.05, 3.63) is 59.6 Å². The van der Waals surface area contributed by atoms with E-state index in [1.807, 2.05) is 19.1 Å². The van der Waals surface area contributed by atoms with E-state index in [4.69, 9.17) is 4.74 Å². The van der Waals surface area contributed by atoms with Gasteiger partial charge in [0.25, 0.3) is 0 Å². The molecule has 0 bridgehead atoms. The maximum absolute atomic E-state index is 10.1. The molecular weight excluding hydrogens is 388 g/mol. The summed E-state index contributed by atoms with van der Waals surface area (Å²) in [4.78, 5) is 0. The Hall–Kier alpha value is -1.35. The van der Waals surface area contributed by atoms with E-state index in [1.165, 1.54) is 37.7 Å². The molecule has 0 aromatic heterocycles. The van der Waals surface area contributed by atoms with Gasteiger partial charge >= 0.3 is 0 Å². The van der Waals surface area contributed by atoms with Crippen molar-refractivity contribution in [1.82, 2.24) is 0 Å². The number of aliphatic hydroxyl groups is 1. The van der Waals surface area contributed by atoms with Gasteiger partial charge in [0.05, 0.1) is 11.9 Å². The first-order chi connectivity index (χ1) is 14.3. The molecule has 2 fully saturated rings. The summed E-state index contributed by atoms with van der Waals surface area (Å²) in [7, 11) is 0. The van der Waals surface area contributed by atoms with Crippen LogP contribution in [-0.4, -0.2) is 21.2 Å². The molecule has 1 N–H and O–H groups in total. The molecule has 1 saturated heterocycles. The lowest BCUT2D eigenvalue weighted by Crippen LogP contribution is -2.39. The van der Waals surface area contributed by atoms with Crippen molar-refractivity contribution in [2.24, 2.45) is 11.8 Å². The molecule has 166 valence electrons. The minimum Gasteiger partial charge on any atom is -0.508 e. The molecule has 2 aliphatic carbocycles. The molecule has 2 nitrogen and oxygen atoms in total. The van der Waals surface area contributed by atoms with Gasteiger partial charge in [-0.3, -0.25) is 0 Å². The topological polar surface area (TPSA) is 29.5 Å². The van der Waals surface area contributed by atoms with E-state index in [0.29, 0.717) is 10.9 Å². The van der Waals surface area contributed by atoms with Gasteiger partial charge < -0.3 is 9.84 Å². The van der Waals surface area contributed by atoms with Crippen LogP contribution in [0.5, 0.6) is 0 Å². The van der Waals surface area contributed by atoms with Crippen LogP contribution in [0, 0.1) is 11.8 Å². The van der Waals surface area contributed by atoms with E-state index in [1.54, 1.807) is 6.08 Å². The lowest BCUT2D eigenvalue weighted by molar-refractivity contribution is 0.109. The molecule has 1 heterocycles. The van der Waals surface area contributed by atoms with Crippen molar-refractivity contribution in [1.29, 1.82) is 0 Å². The third kappa shape index (κ3) is 5.66. The van der Waals surface area contributed by atoms with E-state index in [9.17, 15) is 5.11 Å². The van der Waals surface area contributed by atoms with Crippen LogP contribution < -0.4 is 0 Å². The van der Waals surface area contributed by atoms with Gasteiger partial charge in [-0.15, -0.1) is 0 Å². The van der Waals surface area contributed by atoms with E-state index in [0.717, 1.165) is 47.7 Å². The number of rotatable bonds is 7. The highest BCUT2D eigenvalue weighted by molar-refractivity contribution is 8.01. The average Bonchev–Trinajstić information content (AvgIpc) is 3.12. The molecule has 1 saturated carbocycles. The smallest absolute Gasteiger partial charge is 0.118 e. The monoisotopic (exact) mass is 428 g/mol. The number of thioether (sulfide) groups is 1. The molecule has 30 heavy (non-hydrogen) atoms. The number of aliphatic hydroxyl groups excluding tert-OH is 1. The first-order valence-electron chi connectivity index (χ1n) is 11.8. The highest BCUT2D eigenvalue weighted by Gasteiger charge is 2.48. The van der Waals surface area contributed by atoms with Crippen LogP contribution in [0.1, 0.15) is 79.1 Å². The Bertz CT molecular complexity index is 742. The fraction of sp³-hybridized carbons (Fsp3) is 0.630. The predicted molar refractivity (Wildman–Crippen MR) is 131 cm³/mol. The van der Waals surface area contributed by atoms with Crippen molar-refractivity contribution in [2.45, 2.75) is 95.2 Å². The van der Waals surface area contributed by atoms with Gasteiger partial charge in [-0.1, -0.05) is 51.2 Å². The van der Waals surface area contributed by atoms with Crippen LogP contribution in [0.4, 0.5) is 0 Å².